The maximum atomic E-state index is 11.2. The number of pyridine rings is 1. The third kappa shape index (κ3) is 12.2. The lowest BCUT2D eigenvalue weighted by Gasteiger charge is -2.12. The molecule has 0 saturated heterocycles. The van der Waals surface area contributed by atoms with Crippen molar-refractivity contribution < 1.29 is 4.79 Å². The van der Waals surface area contributed by atoms with Crippen LogP contribution in [0.3, 0.4) is 0 Å². The molecule has 0 amide bonds. The van der Waals surface area contributed by atoms with Crippen LogP contribution in [0, 0.1) is 0 Å². The standard InChI is InChI=1S/C23H34N2OS/c1-19(2)9-7-10-20(3)11-8-12-21(4)14-16-27-18-22(17-26)25-23-13-5-6-15-24-23/h5-6,9,11,13-15,17,22H,7-8,10,12,16,18H2,1-4H3,(H,24,25)/b20-11+,21-14+. The highest BCUT2D eigenvalue weighted by molar-refractivity contribution is 7.99. The Morgan fingerprint density at radius 1 is 1.07 bits per heavy atom. The largest absolute Gasteiger partial charge is 0.360 e. The van der Waals surface area contributed by atoms with E-state index in [0.717, 1.165) is 49.3 Å². The number of nitrogens with one attached hydrogen (secondary N) is 1. The Morgan fingerprint density at radius 3 is 2.41 bits per heavy atom. The summed E-state index contributed by atoms with van der Waals surface area (Å²) in [5.41, 5.74) is 4.28. The number of carbonyl (C=O) groups excluding carboxylic acids is 1. The first-order valence-electron chi connectivity index (χ1n) is 9.66. The average Bonchev–Trinajstić information content (AvgIpc) is 2.64. The molecule has 3 nitrogen and oxygen atoms in total. The Labute approximate surface area is 169 Å². The summed E-state index contributed by atoms with van der Waals surface area (Å²) >= 11 is 1.77. The van der Waals surface area contributed by atoms with Crippen molar-refractivity contribution in [2.45, 2.75) is 59.4 Å². The van der Waals surface area contributed by atoms with Crippen molar-refractivity contribution in [3.63, 3.8) is 0 Å². The van der Waals surface area contributed by atoms with E-state index in [2.05, 4.69) is 56.2 Å². The highest BCUT2D eigenvalue weighted by Crippen LogP contribution is 2.13. The smallest absolute Gasteiger partial charge is 0.143 e. The number of anilines is 1. The van der Waals surface area contributed by atoms with E-state index < -0.39 is 0 Å². The van der Waals surface area contributed by atoms with Crippen LogP contribution in [0.4, 0.5) is 5.82 Å². The molecule has 1 heterocycles. The summed E-state index contributed by atoms with van der Waals surface area (Å²) in [7, 11) is 0. The minimum absolute atomic E-state index is 0.204. The van der Waals surface area contributed by atoms with Crippen LogP contribution in [0.25, 0.3) is 0 Å². The summed E-state index contributed by atoms with van der Waals surface area (Å²) in [5, 5.41) is 3.15. The SMILES string of the molecule is CC(C)=CCC/C(C)=C/CC/C(C)=C/CSCC(C=O)Nc1ccccn1. The van der Waals surface area contributed by atoms with Crippen molar-refractivity contribution in [1.29, 1.82) is 0 Å². The predicted octanol–water partition coefficient (Wildman–Crippen LogP) is 6.21. The van der Waals surface area contributed by atoms with Crippen LogP contribution >= 0.6 is 11.8 Å². The molecule has 0 aromatic carbocycles. The van der Waals surface area contributed by atoms with Crippen LogP contribution in [0.1, 0.15) is 53.4 Å². The van der Waals surface area contributed by atoms with E-state index in [4.69, 9.17) is 0 Å². The van der Waals surface area contributed by atoms with Crippen LogP contribution < -0.4 is 5.32 Å². The van der Waals surface area contributed by atoms with Crippen molar-refractivity contribution in [3.05, 3.63) is 59.3 Å². The molecule has 27 heavy (non-hydrogen) atoms. The number of aromatic nitrogens is 1. The summed E-state index contributed by atoms with van der Waals surface area (Å²) in [6.45, 7) is 8.71. The van der Waals surface area contributed by atoms with Gasteiger partial charge in [0.15, 0.2) is 0 Å². The number of carbonyl (C=O) groups is 1. The molecule has 0 bridgehead atoms. The lowest BCUT2D eigenvalue weighted by Crippen LogP contribution is -2.24. The van der Waals surface area contributed by atoms with Gasteiger partial charge in [-0.2, -0.15) is 11.8 Å². The minimum atomic E-state index is -0.204. The fourth-order valence-electron chi connectivity index (χ4n) is 2.49. The lowest BCUT2D eigenvalue weighted by atomic mass is 10.1. The van der Waals surface area contributed by atoms with Gasteiger partial charge in [0, 0.05) is 17.7 Å². The Balaban J connectivity index is 2.23. The van der Waals surface area contributed by atoms with Gasteiger partial charge in [-0.15, -0.1) is 0 Å². The van der Waals surface area contributed by atoms with Gasteiger partial charge in [0.1, 0.15) is 12.1 Å². The molecule has 1 aromatic rings. The van der Waals surface area contributed by atoms with E-state index in [9.17, 15) is 4.79 Å². The normalized spacial score (nSPS) is 13.2. The molecule has 0 aliphatic rings. The number of nitrogens with zero attached hydrogens (tertiary/aromatic N) is 1. The predicted molar refractivity (Wildman–Crippen MR) is 120 cm³/mol. The number of aldehydes is 1. The second-order valence-electron chi connectivity index (χ2n) is 7.10. The molecule has 0 aliphatic carbocycles. The van der Waals surface area contributed by atoms with Crippen LogP contribution in [0.5, 0.6) is 0 Å². The molecular weight excluding hydrogens is 352 g/mol. The number of hydrogen-bond donors (Lipinski definition) is 1. The van der Waals surface area contributed by atoms with Gasteiger partial charge >= 0.3 is 0 Å². The average molecular weight is 387 g/mol. The van der Waals surface area contributed by atoms with E-state index in [0.29, 0.717) is 0 Å². The van der Waals surface area contributed by atoms with Gasteiger partial charge in [0.25, 0.3) is 0 Å². The fourth-order valence-corrected chi connectivity index (χ4v) is 3.44. The van der Waals surface area contributed by atoms with Gasteiger partial charge in [-0.1, -0.05) is 41.0 Å². The number of hydrogen-bond acceptors (Lipinski definition) is 4. The second kappa shape index (κ2) is 14.3. The van der Waals surface area contributed by atoms with Crippen molar-refractivity contribution in [1.82, 2.24) is 4.98 Å². The van der Waals surface area contributed by atoms with Crippen molar-refractivity contribution >= 4 is 23.9 Å². The van der Waals surface area contributed by atoms with Crippen LogP contribution in [-0.2, 0) is 4.79 Å². The van der Waals surface area contributed by atoms with E-state index in [-0.39, 0.29) is 6.04 Å². The Kier molecular flexibility index (Phi) is 12.3. The summed E-state index contributed by atoms with van der Waals surface area (Å²) < 4.78 is 0. The molecular formula is C23H34N2OS. The van der Waals surface area contributed by atoms with Crippen molar-refractivity contribution in [2.75, 3.05) is 16.8 Å². The molecule has 1 N–H and O–H groups in total. The van der Waals surface area contributed by atoms with E-state index in [1.165, 1.54) is 16.7 Å². The number of allylic oxidation sites excluding steroid dienone is 5. The Hall–Kier alpha value is -1.81. The molecule has 0 radical (unpaired) electrons. The van der Waals surface area contributed by atoms with Crippen LogP contribution in [0.15, 0.2) is 59.3 Å². The van der Waals surface area contributed by atoms with Gasteiger partial charge in [0.2, 0.25) is 0 Å². The quantitative estimate of drug-likeness (QED) is 0.248. The molecule has 1 unspecified atom stereocenters. The maximum Gasteiger partial charge on any atom is 0.143 e. The Bertz CT molecular complexity index is 631. The zero-order valence-corrected chi connectivity index (χ0v) is 18.0. The van der Waals surface area contributed by atoms with Gasteiger partial charge in [-0.05, 0) is 65.5 Å². The topological polar surface area (TPSA) is 42.0 Å². The molecule has 4 heteroatoms. The van der Waals surface area contributed by atoms with Crippen LogP contribution in [0.2, 0.25) is 0 Å². The highest BCUT2D eigenvalue weighted by atomic mass is 32.2. The summed E-state index contributed by atoms with van der Waals surface area (Å²) in [6, 6.07) is 5.45. The van der Waals surface area contributed by atoms with Crippen molar-refractivity contribution in [3.8, 4) is 0 Å². The molecule has 1 rings (SSSR count). The zero-order valence-electron chi connectivity index (χ0n) is 17.2. The van der Waals surface area contributed by atoms with E-state index in [1.54, 1.807) is 18.0 Å². The summed E-state index contributed by atoms with van der Waals surface area (Å²) in [5.74, 6) is 2.42. The third-order valence-corrected chi connectivity index (χ3v) is 5.13. The highest BCUT2D eigenvalue weighted by Gasteiger charge is 2.07. The zero-order chi connectivity index (χ0) is 19.9. The van der Waals surface area contributed by atoms with E-state index in [1.807, 2.05) is 18.2 Å². The number of rotatable bonds is 13. The van der Waals surface area contributed by atoms with Gasteiger partial charge in [0.05, 0.1) is 6.04 Å². The first kappa shape index (κ1) is 23.2. The molecule has 1 aromatic heterocycles. The third-order valence-electron chi connectivity index (χ3n) is 4.13. The Morgan fingerprint density at radius 2 is 1.78 bits per heavy atom. The molecule has 1 atom stereocenters. The van der Waals surface area contributed by atoms with Crippen molar-refractivity contribution in [2.24, 2.45) is 0 Å². The maximum absolute atomic E-state index is 11.2. The second-order valence-corrected chi connectivity index (χ2v) is 8.17. The van der Waals surface area contributed by atoms with Crippen LogP contribution in [-0.4, -0.2) is 28.8 Å². The molecule has 0 spiro atoms. The van der Waals surface area contributed by atoms with E-state index >= 15 is 0 Å². The fraction of sp³-hybridized carbons (Fsp3) is 0.478. The molecule has 0 aliphatic heterocycles. The summed E-state index contributed by atoms with van der Waals surface area (Å²) in [6.07, 6.45) is 14.1. The van der Waals surface area contributed by atoms with Gasteiger partial charge in [-0.3, -0.25) is 0 Å². The minimum Gasteiger partial charge on any atom is -0.360 e. The van der Waals surface area contributed by atoms with Gasteiger partial charge < -0.3 is 10.1 Å². The lowest BCUT2D eigenvalue weighted by molar-refractivity contribution is -0.108. The molecule has 0 saturated carbocycles. The summed E-state index contributed by atoms with van der Waals surface area (Å²) in [4.78, 5) is 15.4. The van der Waals surface area contributed by atoms with Gasteiger partial charge in [-0.25, -0.2) is 4.98 Å². The number of thioether (sulfide) groups is 1. The molecule has 148 valence electrons. The first-order valence-corrected chi connectivity index (χ1v) is 10.8. The first-order chi connectivity index (χ1) is 13.0. The monoisotopic (exact) mass is 386 g/mol. The molecule has 0 fully saturated rings.